The number of carbonyl (C=O) groups is 1. The molecule has 0 aliphatic heterocycles. The lowest BCUT2D eigenvalue weighted by Crippen LogP contribution is -2.34. The number of rotatable bonds is 6. The molecule has 3 N–H and O–H groups in total. The number of ether oxygens (including phenoxy) is 1. The van der Waals surface area contributed by atoms with Gasteiger partial charge in [0.1, 0.15) is 5.75 Å². The number of nitrogens with two attached hydrogens (primary N) is 1. The van der Waals surface area contributed by atoms with Gasteiger partial charge in [-0.05, 0) is 31.5 Å². The first-order valence-corrected chi connectivity index (χ1v) is 6.17. The first-order valence-electron chi connectivity index (χ1n) is 5.77. The summed E-state index contributed by atoms with van der Waals surface area (Å²) in [5, 5.41) is 2.75. The number of hydrogen-bond acceptors (Lipinski definition) is 3. The standard InChI is InChI=1S/C13H18N2O2S/c1-9(2)15-13(16)8-17-11-5-3-10(4-6-11)7-12(14)18/h3-6,9H,7-8H2,1-2H3,(H2,14,18)(H,15,16). The van der Waals surface area contributed by atoms with Crippen molar-refractivity contribution in [3.8, 4) is 5.75 Å². The molecule has 5 heteroatoms. The average Bonchev–Trinajstić information content (AvgIpc) is 2.26. The predicted octanol–water partition coefficient (Wildman–Crippen LogP) is 1.42. The minimum Gasteiger partial charge on any atom is -0.484 e. The lowest BCUT2D eigenvalue weighted by atomic mass is 10.1. The van der Waals surface area contributed by atoms with Crippen LogP contribution in [0.15, 0.2) is 24.3 Å². The van der Waals surface area contributed by atoms with Crippen molar-refractivity contribution in [2.45, 2.75) is 26.3 Å². The first kappa shape index (κ1) is 14.4. The Balaban J connectivity index is 2.44. The summed E-state index contributed by atoms with van der Waals surface area (Å²) in [6.45, 7) is 3.83. The smallest absolute Gasteiger partial charge is 0.258 e. The zero-order chi connectivity index (χ0) is 13.5. The summed E-state index contributed by atoms with van der Waals surface area (Å²) in [5.41, 5.74) is 6.48. The molecule has 0 spiro atoms. The quantitative estimate of drug-likeness (QED) is 0.764. The van der Waals surface area contributed by atoms with E-state index < -0.39 is 0 Å². The summed E-state index contributed by atoms with van der Waals surface area (Å²) >= 11 is 4.83. The Morgan fingerprint density at radius 2 is 2.00 bits per heavy atom. The van der Waals surface area contributed by atoms with Gasteiger partial charge in [0.25, 0.3) is 5.91 Å². The van der Waals surface area contributed by atoms with E-state index in [0.29, 0.717) is 17.2 Å². The van der Waals surface area contributed by atoms with Crippen LogP contribution >= 0.6 is 12.2 Å². The van der Waals surface area contributed by atoms with E-state index in [-0.39, 0.29) is 18.6 Å². The maximum absolute atomic E-state index is 11.4. The number of thiocarbonyl (C=S) groups is 1. The van der Waals surface area contributed by atoms with E-state index in [1.807, 2.05) is 26.0 Å². The average molecular weight is 266 g/mol. The van der Waals surface area contributed by atoms with Gasteiger partial charge >= 0.3 is 0 Å². The van der Waals surface area contributed by atoms with E-state index >= 15 is 0 Å². The van der Waals surface area contributed by atoms with Gasteiger partial charge in [-0.25, -0.2) is 0 Å². The lowest BCUT2D eigenvalue weighted by molar-refractivity contribution is -0.123. The first-order chi connectivity index (χ1) is 8.47. The van der Waals surface area contributed by atoms with Gasteiger partial charge < -0.3 is 15.8 Å². The number of amides is 1. The van der Waals surface area contributed by atoms with Crippen LogP contribution in [0.4, 0.5) is 0 Å². The topological polar surface area (TPSA) is 64.3 Å². The Hall–Kier alpha value is -1.62. The third-order valence-corrected chi connectivity index (χ3v) is 2.27. The zero-order valence-corrected chi connectivity index (χ0v) is 11.4. The monoisotopic (exact) mass is 266 g/mol. The molecule has 4 nitrogen and oxygen atoms in total. The second kappa shape index (κ2) is 6.96. The predicted molar refractivity (Wildman–Crippen MR) is 75.7 cm³/mol. The molecule has 0 heterocycles. The lowest BCUT2D eigenvalue weighted by Gasteiger charge is -2.10. The molecule has 1 aromatic carbocycles. The third kappa shape index (κ3) is 5.63. The normalized spacial score (nSPS) is 10.2. The van der Waals surface area contributed by atoms with Crippen LogP contribution < -0.4 is 15.8 Å². The minimum atomic E-state index is -0.128. The highest BCUT2D eigenvalue weighted by Gasteiger charge is 2.04. The highest BCUT2D eigenvalue weighted by atomic mass is 32.1. The van der Waals surface area contributed by atoms with Crippen molar-refractivity contribution < 1.29 is 9.53 Å². The molecule has 0 saturated carbocycles. The van der Waals surface area contributed by atoms with Gasteiger partial charge in [0.05, 0.1) is 4.99 Å². The molecule has 0 aliphatic rings. The van der Waals surface area contributed by atoms with Crippen LogP contribution in [0.1, 0.15) is 19.4 Å². The van der Waals surface area contributed by atoms with Crippen LogP contribution in [0.25, 0.3) is 0 Å². The van der Waals surface area contributed by atoms with Crippen molar-refractivity contribution in [2.24, 2.45) is 5.73 Å². The fourth-order valence-electron chi connectivity index (χ4n) is 1.42. The van der Waals surface area contributed by atoms with Gasteiger partial charge in [-0.1, -0.05) is 24.4 Å². The Kier molecular flexibility index (Phi) is 5.58. The second-order valence-corrected chi connectivity index (χ2v) is 4.82. The highest BCUT2D eigenvalue weighted by Crippen LogP contribution is 2.12. The molecule has 1 aromatic rings. The summed E-state index contributed by atoms with van der Waals surface area (Å²) < 4.78 is 5.35. The van der Waals surface area contributed by atoms with Gasteiger partial charge in [0.15, 0.2) is 6.61 Å². The van der Waals surface area contributed by atoms with Crippen molar-refractivity contribution in [1.82, 2.24) is 5.32 Å². The molecular formula is C13H18N2O2S. The molecule has 0 aliphatic carbocycles. The molecule has 1 rings (SSSR count). The summed E-state index contributed by atoms with van der Waals surface area (Å²) in [5.74, 6) is 0.526. The van der Waals surface area contributed by atoms with E-state index in [1.165, 1.54) is 0 Å². The third-order valence-electron chi connectivity index (χ3n) is 2.12. The zero-order valence-electron chi connectivity index (χ0n) is 10.6. The van der Waals surface area contributed by atoms with Gasteiger partial charge in [-0.2, -0.15) is 0 Å². The maximum Gasteiger partial charge on any atom is 0.258 e. The summed E-state index contributed by atoms with van der Waals surface area (Å²) in [6.07, 6.45) is 0.573. The largest absolute Gasteiger partial charge is 0.484 e. The van der Waals surface area contributed by atoms with Crippen molar-refractivity contribution in [2.75, 3.05) is 6.61 Å². The molecule has 0 fully saturated rings. The molecule has 0 saturated heterocycles. The van der Waals surface area contributed by atoms with E-state index in [0.717, 1.165) is 5.56 Å². The maximum atomic E-state index is 11.4. The number of benzene rings is 1. The van der Waals surface area contributed by atoms with Crippen molar-refractivity contribution in [3.63, 3.8) is 0 Å². The van der Waals surface area contributed by atoms with Gasteiger partial charge in [0.2, 0.25) is 0 Å². The molecule has 0 unspecified atom stereocenters. The number of hydrogen-bond donors (Lipinski definition) is 2. The molecule has 1 amide bonds. The Morgan fingerprint density at radius 1 is 1.39 bits per heavy atom. The van der Waals surface area contributed by atoms with Crippen LogP contribution in [-0.4, -0.2) is 23.5 Å². The summed E-state index contributed by atoms with van der Waals surface area (Å²) in [6, 6.07) is 7.49. The van der Waals surface area contributed by atoms with Crippen molar-refractivity contribution in [3.05, 3.63) is 29.8 Å². The second-order valence-electron chi connectivity index (χ2n) is 4.30. The Labute approximate surface area is 113 Å². The number of carbonyl (C=O) groups excluding carboxylic acids is 1. The molecule has 98 valence electrons. The number of nitrogens with one attached hydrogen (secondary N) is 1. The molecule has 0 aromatic heterocycles. The fraction of sp³-hybridized carbons (Fsp3) is 0.385. The van der Waals surface area contributed by atoms with E-state index in [4.69, 9.17) is 22.7 Å². The molecular weight excluding hydrogens is 248 g/mol. The minimum absolute atomic E-state index is 0.0207. The molecule has 0 bridgehead atoms. The molecule has 18 heavy (non-hydrogen) atoms. The SMILES string of the molecule is CC(C)NC(=O)COc1ccc(CC(N)=S)cc1. The summed E-state index contributed by atoms with van der Waals surface area (Å²) in [7, 11) is 0. The van der Waals surface area contributed by atoms with Gasteiger partial charge in [0, 0.05) is 12.5 Å². The van der Waals surface area contributed by atoms with Crippen LogP contribution in [0.5, 0.6) is 5.75 Å². The van der Waals surface area contributed by atoms with Crippen molar-refractivity contribution in [1.29, 1.82) is 0 Å². The molecule has 0 radical (unpaired) electrons. The van der Waals surface area contributed by atoms with Crippen LogP contribution in [0, 0.1) is 0 Å². The van der Waals surface area contributed by atoms with Crippen LogP contribution in [0.2, 0.25) is 0 Å². The van der Waals surface area contributed by atoms with Crippen molar-refractivity contribution >= 4 is 23.1 Å². The van der Waals surface area contributed by atoms with Gasteiger partial charge in [-0.3, -0.25) is 4.79 Å². The Bertz CT molecular complexity index is 416. The molecule has 0 atom stereocenters. The highest BCUT2D eigenvalue weighted by molar-refractivity contribution is 7.80. The Morgan fingerprint density at radius 3 is 2.50 bits per heavy atom. The van der Waals surface area contributed by atoms with Crippen LogP contribution in [-0.2, 0) is 11.2 Å². The summed E-state index contributed by atoms with van der Waals surface area (Å²) in [4.78, 5) is 11.8. The van der Waals surface area contributed by atoms with E-state index in [2.05, 4.69) is 5.32 Å². The fourth-order valence-corrected chi connectivity index (χ4v) is 1.58. The van der Waals surface area contributed by atoms with Gasteiger partial charge in [-0.15, -0.1) is 0 Å². The van der Waals surface area contributed by atoms with E-state index in [1.54, 1.807) is 12.1 Å². The van der Waals surface area contributed by atoms with Crippen LogP contribution in [0.3, 0.4) is 0 Å². The van der Waals surface area contributed by atoms with E-state index in [9.17, 15) is 4.79 Å².